The number of nitrogens with zero attached hydrogens (tertiary/aromatic N) is 2. The second-order valence-corrected chi connectivity index (χ2v) is 7.70. The SMILES string of the molecule is Cc1cccnc1S(=O)(=O)Nc1cccc2c(C3CC3)ccnc12. The standard InChI is InChI=1S/C18H17N3O2S/c1-12-4-3-10-20-18(12)24(22,23)21-16-6-2-5-15-14(13-7-8-13)9-11-19-17(15)16/h2-6,9-11,13,21H,7-8H2,1H3. The lowest BCUT2D eigenvalue weighted by Gasteiger charge is -2.12. The minimum atomic E-state index is -3.75. The molecule has 1 saturated carbocycles. The number of sulfonamides is 1. The van der Waals surface area contributed by atoms with Gasteiger partial charge in [-0.2, -0.15) is 8.42 Å². The van der Waals surface area contributed by atoms with Crippen LogP contribution in [0.1, 0.15) is 29.9 Å². The number of para-hydroxylation sites is 1. The molecule has 1 fully saturated rings. The Morgan fingerprint density at radius 1 is 1.04 bits per heavy atom. The highest BCUT2D eigenvalue weighted by atomic mass is 32.2. The maximum Gasteiger partial charge on any atom is 0.279 e. The topological polar surface area (TPSA) is 72.0 Å². The molecule has 1 aromatic carbocycles. The van der Waals surface area contributed by atoms with E-state index < -0.39 is 10.0 Å². The number of benzene rings is 1. The molecule has 0 unspecified atom stereocenters. The smallest absolute Gasteiger partial charge is 0.276 e. The number of aromatic nitrogens is 2. The van der Waals surface area contributed by atoms with E-state index in [0.717, 1.165) is 5.39 Å². The molecule has 0 aliphatic heterocycles. The summed E-state index contributed by atoms with van der Waals surface area (Å²) >= 11 is 0. The Kier molecular flexibility index (Phi) is 3.49. The van der Waals surface area contributed by atoms with Gasteiger partial charge in [0.05, 0.1) is 11.2 Å². The van der Waals surface area contributed by atoms with Crippen molar-refractivity contribution in [3.05, 3.63) is 59.9 Å². The van der Waals surface area contributed by atoms with Gasteiger partial charge < -0.3 is 0 Å². The second-order valence-electron chi connectivity index (χ2n) is 6.11. The van der Waals surface area contributed by atoms with Crippen LogP contribution >= 0.6 is 0 Å². The van der Waals surface area contributed by atoms with Gasteiger partial charge in [0.1, 0.15) is 0 Å². The van der Waals surface area contributed by atoms with Crippen molar-refractivity contribution < 1.29 is 8.42 Å². The predicted molar refractivity (Wildman–Crippen MR) is 93.5 cm³/mol. The van der Waals surface area contributed by atoms with Crippen LogP contribution < -0.4 is 4.72 Å². The van der Waals surface area contributed by atoms with Gasteiger partial charge >= 0.3 is 0 Å². The number of hydrogen-bond acceptors (Lipinski definition) is 4. The van der Waals surface area contributed by atoms with Crippen molar-refractivity contribution in [2.75, 3.05) is 4.72 Å². The zero-order valence-corrected chi connectivity index (χ0v) is 14.0. The van der Waals surface area contributed by atoms with Gasteiger partial charge in [0.2, 0.25) is 0 Å². The van der Waals surface area contributed by atoms with E-state index in [1.54, 1.807) is 31.3 Å². The highest BCUT2D eigenvalue weighted by Gasteiger charge is 2.26. The number of hydrogen-bond donors (Lipinski definition) is 1. The van der Waals surface area contributed by atoms with E-state index >= 15 is 0 Å². The Morgan fingerprint density at radius 2 is 1.88 bits per heavy atom. The van der Waals surface area contributed by atoms with Crippen molar-refractivity contribution in [2.45, 2.75) is 30.7 Å². The number of anilines is 1. The third-order valence-electron chi connectivity index (χ3n) is 4.28. The van der Waals surface area contributed by atoms with E-state index in [1.165, 1.54) is 24.6 Å². The Hall–Kier alpha value is -2.47. The molecule has 0 saturated heterocycles. The fourth-order valence-electron chi connectivity index (χ4n) is 2.98. The summed E-state index contributed by atoms with van der Waals surface area (Å²) in [7, 11) is -3.75. The van der Waals surface area contributed by atoms with Crippen molar-refractivity contribution in [2.24, 2.45) is 0 Å². The molecule has 2 heterocycles. The molecule has 1 N–H and O–H groups in total. The fraction of sp³-hybridized carbons (Fsp3) is 0.222. The molecule has 6 heteroatoms. The Labute approximate surface area is 140 Å². The zero-order valence-electron chi connectivity index (χ0n) is 13.2. The molecule has 2 aromatic heterocycles. The lowest BCUT2D eigenvalue weighted by atomic mass is 10.0. The normalized spacial score (nSPS) is 14.7. The Balaban J connectivity index is 1.80. The van der Waals surface area contributed by atoms with Crippen LogP contribution in [-0.2, 0) is 10.0 Å². The van der Waals surface area contributed by atoms with Gasteiger partial charge in [0.15, 0.2) is 5.03 Å². The van der Waals surface area contributed by atoms with E-state index in [2.05, 4.69) is 14.7 Å². The molecule has 4 rings (SSSR count). The summed E-state index contributed by atoms with van der Waals surface area (Å²) in [5, 5.41) is 1.05. The van der Waals surface area contributed by atoms with Gasteiger partial charge in [-0.15, -0.1) is 0 Å². The molecule has 0 radical (unpaired) electrons. The summed E-state index contributed by atoms with van der Waals surface area (Å²) in [6, 6.07) is 11.1. The van der Waals surface area contributed by atoms with E-state index in [-0.39, 0.29) is 5.03 Å². The van der Waals surface area contributed by atoms with Crippen LogP contribution in [0.2, 0.25) is 0 Å². The van der Waals surface area contributed by atoms with Gasteiger partial charge in [-0.05, 0) is 55.0 Å². The minimum Gasteiger partial charge on any atom is -0.276 e. The Bertz CT molecular complexity index is 1030. The van der Waals surface area contributed by atoms with E-state index in [4.69, 9.17) is 0 Å². The van der Waals surface area contributed by atoms with Crippen LogP contribution in [0.25, 0.3) is 10.9 Å². The molecule has 0 atom stereocenters. The number of pyridine rings is 2. The minimum absolute atomic E-state index is 0.0420. The highest BCUT2D eigenvalue weighted by molar-refractivity contribution is 7.92. The van der Waals surface area contributed by atoms with Crippen LogP contribution in [-0.4, -0.2) is 18.4 Å². The maximum atomic E-state index is 12.7. The number of nitrogens with one attached hydrogen (secondary N) is 1. The molecule has 3 aromatic rings. The highest BCUT2D eigenvalue weighted by Crippen LogP contribution is 2.43. The number of fused-ring (bicyclic) bond motifs is 1. The molecular formula is C18H17N3O2S. The van der Waals surface area contributed by atoms with Crippen molar-refractivity contribution >= 4 is 26.6 Å². The van der Waals surface area contributed by atoms with Gasteiger partial charge in [-0.3, -0.25) is 9.71 Å². The van der Waals surface area contributed by atoms with Crippen molar-refractivity contribution in [3.8, 4) is 0 Å². The molecule has 1 aliphatic rings. The van der Waals surface area contributed by atoms with Gasteiger partial charge in [-0.1, -0.05) is 18.2 Å². The summed E-state index contributed by atoms with van der Waals surface area (Å²) < 4.78 is 28.0. The first-order chi connectivity index (χ1) is 11.6. The zero-order chi connectivity index (χ0) is 16.7. The van der Waals surface area contributed by atoms with Crippen molar-refractivity contribution in [1.29, 1.82) is 0 Å². The molecule has 0 bridgehead atoms. The maximum absolute atomic E-state index is 12.7. The van der Waals surface area contributed by atoms with Crippen LogP contribution in [0.4, 0.5) is 5.69 Å². The van der Waals surface area contributed by atoms with E-state index in [1.807, 2.05) is 18.2 Å². The molecule has 0 spiro atoms. The summed E-state index contributed by atoms with van der Waals surface area (Å²) in [4.78, 5) is 8.42. The molecular weight excluding hydrogens is 322 g/mol. The lowest BCUT2D eigenvalue weighted by Crippen LogP contribution is -2.16. The van der Waals surface area contributed by atoms with Gasteiger partial charge in [0.25, 0.3) is 10.0 Å². The summed E-state index contributed by atoms with van der Waals surface area (Å²) in [5.41, 5.74) is 3.02. The summed E-state index contributed by atoms with van der Waals surface area (Å²) in [6.07, 6.45) is 5.60. The average molecular weight is 339 g/mol. The van der Waals surface area contributed by atoms with Crippen molar-refractivity contribution in [3.63, 3.8) is 0 Å². The monoisotopic (exact) mass is 339 g/mol. The first-order valence-electron chi connectivity index (χ1n) is 7.88. The largest absolute Gasteiger partial charge is 0.279 e. The average Bonchev–Trinajstić information content (AvgIpc) is 3.39. The summed E-state index contributed by atoms with van der Waals surface area (Å²) in [6.45, 7) is 1.73. The molecule has 24 heavy (non-hydrogen) atoms. The van der Waals surface area contributed by atoms with Crippen LogP contribution in [0.3, 0.4) is 0 Å². The molecule has 5 nitrogen and oxygen atoms in total. The first-order valence-corrected chi connectivity index (χ1v) is 9.36. The summed E-state index contributed by atoms with van der Waals surface area (Å²) in [5.74, 6) is 0.570. The third kappa shape index (κ3) is 2.63. The van der Waals surface area contributed by atoms with E-state index in [0.29, 0.717) is 22.7 Å². The number of rotatable bonds is 4. The quantitative estimate of drug-likeness (QED) is 0.788. The molecule has 1 aliphatic carbocycles. The molecule has 0 amide bonds. The predicted octanol–water partition coefficient (Wildman–Crippen LogP) is 3.62. The van der Waals surface area contributed by atoms with Crippen LogP contribution in [0.15, 0.2) is 53.8 Å². The van der Waals surface area contributed by atoms with Gasteiger partial charge in [0, 0.05) is 17.8 Å². The fourth-order valence-corrected chi connectivity index (χ4v) is 4.22. The van der Waals surface area contributed by atoms with E-state index in [9.17, 15) is 8.42 Å². The van der Waals surface area contributed by atoms with Crippen molar-refractivity contribution in [1.82, 2.24) is 9.97 Å². The lowest BCUT2D eigenvalue weighted by molar-refractivity contribution is 0.597. The van der Waals surface area contributed by atoms with Crippen LogP contribution in [0.5, 0.6) is 0 Å². The molecule has 122 valence electrons. The van der Waals surface area contributed by atoms with Crippen LogP contribution in [0, 0.1) is 6.92 Å². The van der Waals surface area contributed by atoms with Gasteiger partial charge in [-0.25, -0.2) is 4.98 Å². The second kappa shape index (κ2) is 5.56. The first kappa shape index (κ1) is 15.1. The number of aryl methyl sites for hydroxylation is 1. The third-order valence-corrected chi connectivity index (χ3v) is 5.71. The Morgan fingerprint density at radius 3 is 2.62 bits per heavy atom.